The molecule has 1 N–H and O–H groups in total. The first-order valence-electron chi connectivity index (χ1n) is 10.6. The summed E-state index contributed by atoms with van der Waals surface area (Å²) in [7, 11) is 3.07. The van der Waals surface area contributed by atoms with Crippen LogP contribution in [0.15, 0.2) is 42.5 Å². The number of anilines is 2. The minimum Gasteiger partial charge on any atom is -0.497 e. The van der Waals surface area contributed by atoms with Crippen LogP contribution in [0.4, 0.5) is 11.4 Å². The molecule has 3 amide bonds. The predicted octanol–water partition coefficient (Wildman–Crippen LogP) is 4.24. The summed E-state index contributed by atoms with van der Waals surface area (Å²) in [6, 6.07) is 11.6. The fourth-order valence-corrected chi connectivity index (χ4v) is 7.33. The molecule has 33 heavy (non-hydrogen) atoms. The molecule has 0 unspecified atom stereocenters. The van der Waals surface area contributed by atoms with E-state index in [1.807, 2.05) is 0 Å². The molecule has 2 aromatic rings. The Labute approximate surface area is 208 Å². The largest absolute Gasteiger partial charge is 0.497 e. The van der Waals surface area contributed by atoms with Crippen molar-refractivity contribution < 1.29 is 23.9 Å². The number of amides is 3. The molecule has 0 spiro atoms. The van der Waals surface area contributed by atoms with Crippen LogP contribution in [-0.4, -0.2) is 41.6 Å². The first kappa shape index (κ1) is 22.4. The van der Waals surface area contributed by atoms with Gasteiger partial charge in [-0.1, -0.05) is 31.9 Å². The maximum Gasteiger partial charge on any atom is 0.255 e. The minimum absolute atomic E-state index is 0.137. The van der Waals surface area contributed by atoms with E-state index >= 15 is 0 Å². The molecule has 3 fully saturated rings. The minimum atomic E-state index is -0.330. The molecule has 1 heterocycles. The standard InChI is InChI=1S/C24H22Br2N2O5/c1-32-13-7-8-16(17(9-13)33-2)27-22(29)11-3-5-12(6-4-11)28-23(30)18-14-10-15(19(18)24(28)31)21(26)20(14)25/h3-9,14-15,18-21H,10H2,1-2H3,(H,27,29)/t14-,15-,18-,19-,20-,21+/m1/s1. The van der Waals surface area contributed by atoms with Gasteiger partial charge in [0.25, 0.3) is 5.91 Å². The van der Waals surface area contributed by atoms with Crippen molar-refractivity contribution in [1.29, 1.82) is 0 Å². The van der Waals surface area contributed by atoms with Gasteiger partial charge in [0.05, 0.1) is 37.4 Å². The highest BCUT2D eigenvalue weighted by Crippen LogP contribution is 2.60. The number of hydrogen-bond donors (Lipinski definition) is 1. The second-order valence-corrected chi connectivity index (χ2v) is 10.7. The van der Waals surface area contributed by atoms with E-state index in [1.165, 1.54) is 12.0 Å². The summed E-state index contributed by atoms with van der Waals surface area (Å²) in [6.07, 6.45) is 0.889. The number of halogens is 2. The van der Waals surface area contributed by atoms with Gasteiger partial charge in [0.1, 0.15) is 11.5 Å². The normalized spacial score (nSPS) is 29.9. The Morgan fingerprint density at radius 2 is 1.55 bits per heavy atom. The number of ether oxygens (including phenoxy) is 2. The van der Waals surface area contributed by atoms with Gasteiger partial charge in [-0.15, -0.1) is 0 Å². The summed E-state index contributed by atoms with van der Waals surface area (Å²) < 4.78 is 10.5. The van der Waals surface area contributed by atoms with Gasteiger partial charge in [-0.25, -0.2) is 0 Å². The molecule has 7 nitrogen and oxygen atoms in total. The molecule has 1 aliphatic heterocycles. The topological polar surface area (TPSA) is 84.9 Å². The highest BCUT2D eigenvalue weighted by molar-refractivity contribution is 9.12. The van der Waals surface area contributed by atoms with Crippen molar-refractivity contribution >= 4 is 61.0 Å². The zero-order valence-corrected chi connectivity index (χ0v) is 21.1. The molecular weight excluding hydrogens is 556 g/mol. The van der Waals surface area contributed by atoms with Gasteiger partial charge in [-0.2, -0.15) is 0 Å². The van der Waals surface area contributed by atoms with E-state index in [1.54, 1.807) is 49.6 Å². The molecule has 172 valence electrons. The lowest BCUT2D eigenvalue weighted by Crippen LogP contribution is -2.37. The van der Waals surface area contributed by atoms with E-state index < -0.39 is 0 Å². The Bertz CT molecular complexity index is 1110. The van der Waals surface area contributed by atoms with Crippen LogP contribution < -0.4 is 19.7 Å². The van der Waals surface area contributed by atoms with Gasteiger partial charge in [-0.3, -0.25) is 19.3 Å². The van der Waals surface area contributed by atoms with Crippen LogP contribution in [0.3, 0.4) is 0 Å². The zero-order chi connectivity index (χ0) is 23.4. The van der Waals surface area contributed by atoms with Crippen LogP contribution in [0.1, 0.15) is 16.8 Å². The number of benzene rings is 2. The average molecular weight is 578 g/mol. The van der Waals surface area contributed by atoms with Gasteiger partial charge >= 0.3 is 0 Å². The number of rotatable bonds is 5. The number of hydrogen-bond acceptors (Lipinski definition) is 5. The van der Waals surface area contributed by atoms with E-state index in [2.05, 4.69) is 37.2 Å². The van der Waals surface area contributed by atoms with Crippen LogP contribution in [0.5, 0.6) is 11.5 Å². The van der Waals surface area contributed by atoms with E-state index in [9.17, 15) is 14.4 Å². The average Bonchev–Trinajstić information content (AvgIpc) is 3.44. The Morgan fingerprint density at radius 1 is 0.939 bits per heavy atom. The Morgan fingerprint density at radius 3 is 2.09 bits per heavy atom. The van der Waals surface area contributed by atoms with Crippen molar-refractivity contribution in [2.75, 3.05) is 24.4 Å². The van der Waals surface area contributed by atoms with Crippen LogP contribution in [-0.2, 0) is 9.59 Å². The number of nitrogens with one attached hydrogen (secondary N) is 1. The van der Waals surface area contributed by atoms with Gasteiger partial charge in [-0.05, 0) is 54.7 Å². The van der Waals surface area contributed by atoms with Gasteiger partial charge in [0.2, 0.25) is 11.8 Å². The number of carbonyl (C=O) groups excluding carboxylic acids is 3. The fourth-order valence-electron chi connectivity index (χ4n) is 5.46. The summed E-state index contributed by atoms with van der Waals surface area (Å²) in [6.45, 7) is 0. The van der Waals surface area contributed by atoms with Crippen LogP contribution in [0.25, 0.3) is 0 Å². The van der Waals surface area contributed by atoms with Crippen molar-refractivity contribution in [3.05, 3.63) is 48.0 Å². The number of imide groups is 1. The molecular formula is C24H22Br2N2O5. The lowest BCUT2D eigenvalue weighted by Gasteiger charge is -2.28. The number of alkyl halides is 2. The lowest BCUT2D eigenvalue weighted by molar-refractivity contribution is -0.123. The van der Waals surface area contributed by atoms with Gasteiger partial charge in [0.15, 0.2) is 0 Å². The second kappa shape index (κ2) is 8.43. The molecule has 2 aliphatic carbocycles. The molecule has 6 atom stereocenters. The lowest BCUT2D eigenvalue weighted by atomic mass is 9.81. The molecule has 1 saturated heterocycles. The van der Waals surface area contributed by atoms with E-state index in [-0.39, 0.29) is 51.0 Å². The van der Waals surface area contributed by atoms with Crippen molar-refractivity contribution in [2.45, 2.75) is 16.1 Å². The first-order chi connectivity index (χ1) is 15.8. The number of carbonyl (C=O) groups is 3. The van der Waals surface area contributed by atoms with E-state index in [4.69, 9.17) is 9.47 Å². The molecule has 2 aromatic carbocycles. The summed E-state index contributed by atoms with van der Waals surface area (Å²) >= 11 is 7.40. The van der Waals surface area contributed by atoms with Gasteiger partial charge < -0.3 is 14.8 Å². The number of nitrogens with zero attached hydrogens (tertiary/aromatic N) is 1. The van der Waals surface area contributed by atoms with Crippen molar-refractivity contribution in [3.63, 3.8) is 0 Å². The SMILES string of the molecule is COc1ccc(NC(=O)c2ccc(N3C(=O)[C@@H]4[C@H]5C[C@@H]([C@@H](Br)[C@H]5Br)[C@H]4C3=O)cc2)c(OC)c1. The molecule has 0 aromatic heterocycles. The third-order valence-electron chi connectivity index (χ3n) is 7.03. The maximum absolute atomic E-state index is 13.2. The van der Waals surface area contributed by atoms with Crippen molar-refractivity contribution in [1.82, 2.24) is 0 Å². The molecule has 3 aliphatic rings. The van der Waals surface area contributed by atoms with Crippen molar-refractivity contribution in [2.24, 2.45) is 23.7 Å². The zero-order valence-electron chi connectivity index (χ0n) is 18.0. The smallest absolute Gasteiger partial charge is 0.255 e. The second-order valence-electron chi connectivity index (χ2n) is 8.58. The molecule has 2 bridgehead atoms. The maximum atomic E-state index is 13.2. The number of fused-ring (bicyclic) bond motifs is 5. The van der Waals surface area contributed by atoms with Gasteiger partial charge in [0, 0.05) is 21.3 Å². The summed E-state index contributed by atoms with van der Waals surface area (Å²) in [4.78, 5) is 40.8. The Kier molecular flexibility index (Phi) is 5.73. The third kappa shape index (κ3) is 3.47. The quantitative estimate of drug-likeness (QED) is 0.424. The summed E-state index contributed by atoms with van der Waals surface area (Å²) in [5.41, 5.74) is 1.40. The van der Waals surface area contributed by atoms with E-state index in [0.717, 1.165) is 6.42 Å². The predicted molar refractivity (Wildman–Crippen MR) is 130 cm³/mol. The highest BCUT2D eigenvalue weighted by Gasteiger charge is 2.66. The molecule has 9 heteroatoms. The van der Waals surface area contributed by atoms with Crippen LogP contribution in [0.2, 0.25) is 0 Å². The molecule has 2 saturated carbocycles. The first-order valence-corrected chi connectivity index (χ1v) is 12.5. The summed E-state index contributed by atoms with van der Waals surface area (Å²) in [5, 5.41) is 2.82. The summed E-state index contributed by atoms with van der Waals surface area (Å²) in [5.74, 6) is 0.267. The monoisotopic (exact) mass is 576 g/mol. The fraction of sp³-hybridized carbons (Fsp3) is 0.375. The Balaban J connectivity index is 1.34. The molecule has 5 rings (SSSR count). The van der Waals surface area contributed by atoms with Crippen molar-refractivity contribution in [3.8, 4) is 11.5 Å². The molecule has 0 radical (unpaired) electrons. The third-order valence-corrected chi connectivity index (χ3v) is 10.2. The van der Waals surface area contributed by atoms with E-state index in [0.29, 0.717) is 28.4 Å². The number of methoxy groups -OCH3 is 2. The Hall–Kier alpha value is -2.39. The van der Waals surface area contributed by atoms with Crippen LogP contribution >= 0.6 is 31.9 Å². The van der Waals surface area contributed by atoms with Crippen LogP contribution in [0, 0.1) is 23.7 Å². The highest BCUT2D eigenvalue weighted by atomic mass is 79.9.